The van der Waals surface area contributed by atoms with Gasteiger partial charge in [0.05, 0.1) is 11.6 Å². The van der Waals surface area contributed by atoms with Crippen molar-refractivity contribution in [2.75, 3.05) is 13.1 Å². The van der Waals surface area contributed by atoms with E-state index in [1.807, 2.05) is 30.3 Å². The number of ketones is 1. The smallest absolute Gasteiger partial charge is 0.220 e. The van der Waals surface area contributed by atoms with E-state index < -0.39 is 5.60 Å². The number of nitrogens with zero attached hydrogens (tertiary/aromatic N) is 2. The molecular weight excluding hydrogens is 432 g/mol. The second-order valence-corrected chi connectivity index (χ2v) is 9.47. The van der Waals surface area contributed by atoms with Gasteiger partial charge in [-0.25, -0.2) is 0 Å². The van der Waals surface area contributed by atoms with Crippen molar-refractivity contribution < 1.29 is 9.63 Å². The first-order valence-electron chi connectivity index (χ1n) is 11.4. The Morgan fingerprint density at radius 2 is 1.73 bits per heavy atom. The van der Waals surface area contributed by atoms with Crippen LogP contribution in [0.25, 0.3) is 0 Å². The molecule has 0 aromatic heterocycles. The van der Waals surface area contributed by atoms with E-state index in [0.29, 0.717) is 24.5 Å². The summed E-state index contributed by atoms with van der Waals surface area (Å²) in [6.45, 7) is 5.45. The number of rotatable bonds is 4. The first-order chi connectivity index (χ1) is 16.0. The number of halogens is 1. The normalized spacial score (nSPS) is 23.9. The van der Waals surface area contributed by atoms with Gasteiger partial charge < -0.3 is 4.84 Å². The maximum atomic E-state index is 13.6. The van der Waals surface area contributed by atoms with Crippen molar-refractivity contribution in [1.82, 2.24) is 4.90 Å². The van der Waals surface area contributed by atoms with Crippen LogP contribution in [-0.4, -0.2) is 35.1 Å². The Labute approximate surface area is 199 Å². The Morgan fingerprint density at radius 3 is 2.42 bits per heavy atom. The molecule has 0 saturated carbocycles. The predicted octanol–water partition coefficient (Wildman–Crippen LogP) is 5.94. The van der Waals surface area contributed by atoms with Gasteiger partial charge in [-0.05, 0) is 37.1 Å². The molecule has 0 N–H and O–H groups in total. The number of carbonyl (C=O) groups is 1. The molecule has 2 aliphatic heterocycles. The molecule has 0 aliphatic carbocycles. The van der Waals surface area contributed by atoms with Crippen LogP contribution in [0.1, 0.15) is 47.6 Å². The van der Waals surface area contributed by atoms with Crippen LogP contribution < -0.4 is 0 Å². The highest BCUT2D eigenvalue weighted by molar-refractivity contribution is 6.30. The third-order valence-corrected chi connectivity index (χ3v) is 7.22. The molecule has 168 valence electrons. The minimum absolute atomic E-state index is 0.109. The Kier molecular flexibility index (Phi) is 5.81. The van der Waals surface area contributed by atoms with E-state index in [2.05, 4.69) is 72.4 Å². The zero-order chi connectivity index (χ0) is 23.0. The number of aryl methyl sites for hydroxylation is 1. The van der Waals surface area contributed by atoms with Crippen molar-refractivity contribution in [3.05, 3.63) is 106 Å². The van der Waals surface area contributed by atoms with Gasteiger partial charge in [0, 0.05) is 36.1 Å². The fourth-order valence-corrected chi connectivity index (χ4v) is 5.14. The molecule has 3 aromatic carbocycles. The van der Waals surface area contributed by atoms with Gasteiger partial charge in [-0.3, -0.25) is 9.69 Å². The van der Waals surface area contributed by atoms with E-state index in [-0.39, 0.29) is 17.7 Å². The highest BCUT2D eigenvalue weighted by atomic mass is 35.5. The van der Waals surface area contributed by atoms with Crippen molar-refractivity contribution in [2.24, 2.45) is 5.16 Å². The van der Waals surface area contributed by atoms with Crippen molar-refractivity contribution in [2.45, 2.75) is 37.8 Å². The molecule has 0 amide bonds. The summed E-state index contributed by atoms with van der Waals surface area (Å²) >= 11 is 6.13. The van der Waals surface area contributed by atoms with Crippen LogP contribution in [-0.2, 0) is 9.63 Å². The molecular formula is C28H27ClN2O2. The third-order valence-electron chi connectivity index (χ3n) is 6.96. The van der Waals surface area contributed by atoms with E-state index in [1.54, 1.807) is 0 Å². The Morgan fingerprint density at radius 1 is 1.03 bits per heavy atom. The minimum Gasteiger partial charge on any atom is -0.378 e. The van der Waals surface area contributed by atoms with E-state index in [9.17, 15) is 4.79 Å². The maximum absolute atomic E-state index is 13.6. The van der Waals surface area contributed by atoms with Crippen molar-refractivity contribution >= 4 is 23.1 Å². The maximum Gasteiger partial charge on any atom is 0.220 e. The van der Waals surface area contributed by atoms with Crippen LogP contribution in [0, 0.1) is 6.92 Å². The molecule has 1 spiro atoms. The Bertz CT molecular complexity index is 1170. The lowest BCUT2D eigenvalue weighted by Gasteiger charge is -2.43. The Balaban J connectivity index is 1.56. The van der Waals surface area contributed by atoms with Gasteiger partial charge in [-0.2, -0.15) is 0 Å². The predicted molar refractivity (Wildman–Crippen MR) is 132 cm³/mol. The van der Waals surface area contributed by atoms with Gasteiger partial charge >= 0.3 is 0 Å². The zero-order valence-corrected chi connectivity index (χ0v) is 19.6. The quantitative estimate of drug-likeness (QED) is 0.485. The number of hydrogen-bond donors (Lipinski definition) is 0. The summed E-state index contributed by atoms with van der Waals surface area (Å²) in [6.07, 6.45) is 0.433. The molecule has 33 heavy (non-hydrogen) atoms. The topological polar surface area (TPSA) is 41.9 Å². The summed E-state index contributed by atoms with van der Waals surface area (Å²) in [5.74, 6) is -0.185. The number of likely N-dealkylation sites (tertiary alicyclic amines) is 1. The number of piperidine rings is 1. The molecule has 5 rings (SSSR count). The summed E-state index contributed by atoms with van der Waals surface area (Å²) in [4.78, 5) is 22.1. The summed E-state index contributed by atoms with van der Waals surface area (Å²) in [5.41, 5.74) is 4.08. The minimum atomic E-state index is -1.05. The van der Waals surface area contributed by atoms with Crippen LogP contribution in [0.5, 0.6) is 0 Å². The molecule has 2 heterocycles. The fourth-order valence-electron chi connectivity index (χ4n) is 5.01. The van der Waals surface area contributed by atoms with E-state index in [1.165, 1.54) is 11.1 Å². The number of benzene rings is 3. The average Bonchev–Trinajstić information content (AvgIpc) is 3.21. The second-order valence-electron chi connectivity index (χ2n) is 9.04. The first kappa shape index (κ1) is 21.9. The van der Waals surface area contributed by atoms with Gasteiger partial charge in [0.2, 0.25) is 5.60 Å². The van der Waals surface area contributed by atoms with E-state index in [4.69, 9.17) is 16.4 Å². The van der Waals surface area contributed by atoms with Crippen molar-refractivity contribution in [1.29, 1.82) is 0 Å². The zero-order valence-electron chi connectivity index (χ0n) is 18.9. The van der Waals surface area contributed by atoms with Crippen LogP contribution in [0.4, 0.5) is 0 Å². The highest BCUT2D eigenvalue weighted by Crippen LogP contribution is 2.45. The first-order valence-corrected chi connectivity index (χ1v) is 11.8. The lowest BCUT2D eigenvalue weighted by atomic mass is 9.72. The standard InChI is InChI=1S/C28H27ClN2O2/c1-19-8-10-22(11-9-19)26-27(23-12-14-24(29)15-13-23)30-33-28(26)18-31(17-16-25(28)32)20(2)21-6-4-3-5-7-21/h3-15,20,26H,16-18H2,1-2H3/t20-,26-,28?/m1/s1. The lowest BCUT2D eigenvalue weighted by Crippen LogP contribution is -2.58. The van der Waals surface area contributed by atoms with Gasteiger partial charge in [-0.15, -0.1) is 0 Å². The van der Waals surface area contributed by atoms with Gasteiger partial charge in [0.15, 0.2) is 5.78 Å². The van der Waals surface area contributed by atoms with E-state index >= 15 is 0 Å². The summed E-state index contributed by atoms with van der Waals surface area (Å²) in [7, 11) is 0. The second kappa shape index (κ2) is 8.77. The molecule has 5 heteroatoms. The van der Waals surface area contributed by atoms with E-state index in [0.717, 1.165) is 16.8 Å². The SMILES string of the molecule is Cc1ccc([C@@H]2C(c3ccc(Cl)cc3)=NOC23CN([C@H](C)c2ccccc2)CCC3=O)cc1. The fraction of sp³-hybridized carbons (Fsp3) is 0.286. The summed E-state index contributed by atoms with van der Waals surface area (Å²) in [6, 6.07) is 26.5. The molecule has 3 atom stereocenters. The van der Waals surface area contributed by atoms with Gasteiger partial charge in [0.25, 0.3) is 0 Å². The van der Waals surface area contributed by atoms with Crippen LogP contribution in [0.15, 0.2) is 84.0 Å². The van der Waals surface area contributed by atoms with Crippen LogP contribution in [0.2, 0.25) is 5.02 Å². The number of oxime groups is 1. The van der Waals surface area contributed by atoms with Crippen molar-refractivity contribution in [3.63, 3.8) is 0 Å². The molecule has 1 saturated heterocycles. The number of hydrogen-bond acceptors (Lipinski definition) is 4. The van der Waals surface area contributed by atoms with Crippen molar-refractivity contribution in [3.8, 4) is 0 Å². The molecule has 1 fully saturated rings. The molecule has 3 aromatic rings. The highest BCUT2D eigenvalue weighted by Gasteiger charge is 2.58. The molecule has 4 nitrogen and oxygen atoms in total. The average molecular weight is 459 g/mol. The Hall–Kier alpha value is -2.95. The largest absolute Gasteiger partial charge is 0.378 e. The van der Waals surface area contributed by atoms with Gasteiger partial charge in [0.1, 0.15) is 0 Å². The number of carbonyl (C=O) groups excluding carboxylic acids is 1. The molecule has 2 aliphatic rings. The summed E-state index contributed by atoms with van der Waals surface area (Å²) in [5, 5.41) is 5.20. The van der Waals surface area contributed by atoms with Crippen LogP contribution >= 0.6 is 11.6 Å². The molecule has 1 unspecified atom stereocenters. The lowest BCUT2D eigenvalue weighted by molar-refractivity contribution is -0.153. The van der Waals surface area contributed by atoms with Gasteiger partial charge in [-0.1, -0.05) is 89.1 Å². The monoisotopic (exact) mass is 458 g/mol. The molecule has 0 radical (unpaired) electrons. The third kappa shape index (κ3) is 3.98. The number of Topliss-reactive ketones (excluding diaryl/α,β-unsaturated/α-hetero) is 1. The van der Waals surface area contributed by atoms with Crippen LogP contribution in [0.3, 0.4) is 0 Å². The molecule has 0 bridgehead atoms. The summed E-state index contributed by atoms with van der Waals surface area (Å²) < 4.78 is 0.